The molecule has 2 atom stereocenters. The minimum absolute atomic E-state index is 0.0927. The van der Waals surface area contributed by atoms with Crippen molar-refractivity contribution in [2.24, 2.45) is 11.7 Å². The number of benzene rings is 1. The number of piperidine rings is 1. The first kappa shape index (κ1) is 21.1. The fourth-order valence-corrected chi connectivity index (χ4v) is 8.85. The lowest BCUT2D eigenvalue weighted by Crippen LogP contribution is -2.50. The number of hydrogen-bond acceptors (Lipinski definition) is 7. The van der Waals surface area contributed by atoms with Gasteiger partial charge in [0, 0.05) is 12.0 Å². The third kappa shape index (κ3) is 4.33. The predicted molar refractivity (Wildman–Crippen MR) is 105 cm³/mol. The van der Waals surface area contributed by atoms with Crippen LogP contribution in [0.3, 0.4) is 0 Å². The maximum absolute atomic E-state index is 13.2. The Bertz CT molecular complexity index is 919. The number of likely N-dealkylation sites (tertiary alicyclic amines) is 1. The standard InChI is InChI=1S/C18H26N2O6S2/c1-2-26-14-3-5-15(6-4-14)28(24,25)17-12-27(22,23)11-16(17)20-9-7-13(8-10-20)18(19)21/h3-6,13,16-17H,2,7-12H2,1H3,(H2,19,21)/t16-,17-/m1/s1. The molecule has 2 aliphatic heterocycles. The Morgan fingerprint density at radius 3 is 2.32 bits per heavy atom. The van der Waals surface area contributed by atoms with E-state index in [0.717, 1.165) is 0 Å². The number of amides is 1. The molecule has 2 fully saturated rings. The molecule has 0 bridgehead atoms. The molecule has 0 unspecified atom stereocenters. The van der Waals surface area contributed by atoms with Crippen LogP contribution in [0.15, 0.2) is 29.2 Å². The van der Waals surface area contributed by atoms with Gasteiger partial charge in [-0.15, -0.1) is 0 Å². The van der Waals surface area contributed by atoms with Gasteiger partial charge in [0.15, 0.2) is 19.7 Å². The molecule has 0 saturated carbocycles. The van der Waals surface area contributed by atoms with E-state index in [0.29, 0.717) is 38.3 Å². The molecular weight excluding hydrogens is 404 g/mol. The average Bonchev–Trinajstić information content (AvgIpc) is 2.99. The van der Waals surface area contributed by atoms with Crippen LogP contribution in [0, 0.1) is 5.92 Å². The van der Waals surface area contributed by atoms with Crippen molar-refractivity contribution in [1.82, 2.24) is 4.90 Å². The number of ether oxygens (including phenoxy) is 1. The second-order valence-electron chi connectivity index (χ2n) is 7.34. The van der Waals surface area contributed by atoms with Gasteiger partial charge >= 0.3 is 0 Å². The first-order chi connectivity index (χ1) is 13.1. The van der Waals surface area contributed by atoms with Crippen LogP contribution in [0.2, 0.25) is 0 Å². The first-order valence-corrected chi connectivity index (χ1v) is 12.7. The Balaban J connectivity index is 1.84. The summed E-state index contributed by atoms with van der Waals surface area (Å²) in [5, 5.41) is -1.03. The smallest absolute Gasteiger partial charge is 0.220 e. The Hall–Kier alpha value is -1.65. The molecule has 28 heavy (non-hydrogen) atoms. The number of nitrogens with zero attached hydrogens (tertiary/aromatic N) is 1. The average molecular weight is 431 g/mol. The van der Waals surface area contributed by atoms with E-state index in [2.05, 4.69) is 0 Å². The van der Waals surface area contributed by atoms with Crippen LogP contribution < -0.4 is 10.5 Å². The van der Waals surface area contributed by atoms with Crippen LogP contribution in [0.25, 0.3) is 0 Å². The number of primary amides is 1. The van der Waals surface area contributed by atoms with E-state index in [-0.39, 0.29) is 28.2 Å². The Morgan fingerprint density at radius 2 is 1.79 bits per heavy atom. The molecule has 2 saturated heterocycles. The topological polar surface area (TPSA) is 124 Å². The lowest BCUT2D eigenvalue weighted by atomic mass is 9.95. The van der Waals surface area contributed by atoms with Crippen molar-refractivity contribution >= 4 is 25.6 Å². The van der Waals surface area contributed by atoms with Gasteiger partial charge in [-0.2, -0.15) is 0 Å². The summed E-state index contributed by atoms with van der Waals surface area (Å²) in [5.74, 6) is -0.615. The molecule has 1 amide bonds. The van der Waals surface area contributed by atoms with Gasteiger partial charge in [0.1, 0.15) is 5.75 Å². The van der Waals surface area contributed by atoms with E-state index in [1.807, 2.05) is 11.8 Å². The fourth-order valence-electron chi connectivity index (χ4n) is 4.02. The van der Waals surface area contributed by atoms with Gasteiger partial charge < -0.3 is 10.5 Å². The number of carbonyl (C=O) groups excluding carboxylic acids is 1. The third-order valence-corrected chi connectivity index (χ3v) is 9.67. The highest BCUT2D eigenvalue weighted by molar-refractivity contribution is 7.96. The number of carbonyl (C=O) groups is 1. The SMILES string of the molecule is CCOc1ccc(S(=O)(=O)[C@@H]2CS(=O)(=O)C[C@H]2N2CCC(C(N)=O)CC2)cc1. The van der Waals surface area contributed by atoms with Crippen LogP contribution in [0.1, 0.15) is 19.8 Å². The summed E-state index contributed by atoms with van der Waals surface area (Å²) < 4.78 is 56.4. The molecule has 2 aliphatic rings. The van der Waals surface area contributed by atoms with E-state index in [1.165, 1.54) is 12.1 Å². The summed E-state index contributed by atoms with van der Waals surface area (Å²) >= 11 is 0. The highest BCUT2D eigenvalue weighted by Gasteiger charge is 2.48. The largest absolute Gasteiger partial charge is 0.494 e. The molecule has 3 rings (SSSR count). The zero-order valence-electron chi connectivity index (χ0n) is 15.8. The maximum atomic E-state index is 13.2. The quantitative estimate of drug-likeness (QED) is 0.685. The molecule has 10 heteroatoms. The normalized spacial score (nSPS) is 26.2. The van der Waals surface area contributed by atoms with E-state index in [9.17, 15) is 21.6 Å². The zero-order valence-corrected chi connectivity index (χ0v) is 17.4. The summed E-state index contributed by atoms with van der Waals surface area (Å²) in [5.41, 5.74) is 5.36. The lowest BCUT2D eigenvalue weighted by Gasteiger charge is -2.36. The molecule has 156 valence electrons. The van der Waals surface area contributed by atoms with Crippen molar-refractivity contribution in [3.8, 4) is 5.75 Å². The van der Waals surface area contributed by atoms with Crippen molar-refractivity contribution in [2.45, 2.75) is 36.0 Å². The number of rotatable bonds is 6. The second kappa shape index (κ2) is 8.00. The molecule has 0 aromatic heterocycles. The number of hydrogen-bond donors (Lipinski definition) is 1. The molecule has 1 aromatic rings. The Kier molecular flexibility index (Phi) is 6.02. The van der Waals surface area contributed by atoms with Crippen molar-refractivity contribution in [2.75, 3.05) is 31.2 Å². The van der Waals surface area contributed by atoms with Gasteiger partial charge in [-0.3, -0.25) is 9.69 Å². The summed E-state index contributed by atoms with van der Waals surface area (Å²) in [6.45, 7) is 3.22. The van der Waals surface area contributed by atoms with Crippen LogP contribution in [0.5, 0.6) is 5.75 Å². The van der Waals surface area contributed by atoms with Crippen LogP contribution >= 0.6 is 0 Å². The van der Waals surface area contributed by atoms with Gasteiger partial charge in [-0.1, -0.05) is 0 Å². The minimum Gasteiger partial charge on any atom is -0.494 e. The number of sulfone groups is 2. The summed E-state index contributed by atoms with van der Waals surface area (Å²) in [6.07, 6.45) is 1.03. The van der Waals surface area contributed by atoms with Crippen molar-refractivity contribution in [3.05, 3.63) is 24.3 Å². The van der Waals surface area contributed by atoms with Gasteiger partial charge in [0.2, 0.25) is 5.91 Å². The van der Waals surface area contributed by atoms with E-state index < -0.39 is 31.0 Å². The molecule has 0 radical (unpaired) electrons. The fraction of sp³-hybridized carbons (Fsp3) is 0.611. The monoisotopic (exact) mass is 430 g/mol. The molecule has 2 heterocycles. The Labute approximate surface area is 165 Å². The van der Waals surface area contributed by atoms with Crippen LogP contribution in [-0.4, -0.2) is 70.1 Å². The summed E-state index contributed by atoms with van der Waals surface area (Å²) in [4.78, 5) is 13.4. The van der Waals surface area contributed by atoms with Crippen LogP contribution in [-0.2, 0) is 24.5 Å². The van der Waals surface area contributed by atoms with E-state index >= 15 is 0 Å². The lowest BCUT2D eigenvalue weighted by molar-refractivity contribution is -0.123. The molecule has 1 aromatic carbocycles. The van der Waals surface area contributed by atoms with Crippen molar-refractivity contribution < 1.29 is 26.4 Å². The molecular formula is C18H26N2O6S2. The molecule has 0 spiro atoms. The summed E-state index contributed by atoms with van der Waals surface area (Å²) in [6, 6.07) is 5.46. The Morgan fingerprint density at radius 1 is 1.18 bits per heavy atom. The second-order valence-corrected chi connectivity index (χ2v) is 11.7. The van der Waals surface area contributed by atoms with Gasteiger partial charge in [-0.05, 0) is 57.1 Å². The molecule has 8 nitrogen and oxygen atoms in total. The molecule has 2 N–H and O–H groups in total. The van der Waals surface area contributed by atoms with Crippen LogP contribution in [0.4, 0.5) is 0 Å². The first-order valence-electron chi connectivity index (χ1n) is 9.34. The molecule has 0 aliphatic carbocycles. The van der Waals surface area contributed by atoms with Crippen molar-refractivity contribution in [1.29, 1.82) is 0 Å². The van der Waals surface area contributed by atoms with Gasteiger partial charge in [0.25, 0.3) is 0 Å². The van der Waals surface area contributed by atoms with Gasteiger partial charge in [0.05, 0.1) is 28.3 Å². The van der Waals surface area contributed by atoms with E-state index in [1.54, 1.807) is 12.1 Å². The zero-order chi connectivity index (χ0) is 20.5. The summed E-state index contributed by atoms with van der Waals surface area (Å²) in [7, 11) is -7.31. The third-order valence-electron chi connectivity index (χ3n) is 5.53. The van der Waals surface area contributed by atoms with Gasteiger partial charge in [-0.25, -0.2) is 16.8 Å². The predicted octanol–water partition coefficient (Wildman–Crippen LogP) is 0.222. The maximum Gasteiger partial charge on any atom is 0.220 e. The van der Waals surface area contributed by atoms with Crippen molar-refractivity contribution in [3.63, 3.8) is 0 Å². The number of nitrogens with two attached hydrogens (primary N) is 1. The van der Waals surface area contributed by atoms with E-state index in [4.69, 9.17) is 10.5 Å². The highest BCUT2D eigenvalue weighted by Crippen LogP contribution is 2.32. The highest BCUT2D eigenvalue weighted by atomic mass is 32.2. The minimum atomic E-state index is -3.84.